The van der Waals surface area contributed by atoms with Gasteiger partial charge in [0, 0.05) is 23.0 Å². The summed E-state index contributed by atoms with van der Waals surface area (Å²) in [7, 11) is 1.27. The Labute approximate surface area is 138 Å². The number of methoxy groups -OCH3 is 1. The highest BCUT2D eigenvalue weighted by atomic mass is 16.5. The van der Waals surface area contributed by atoms with Gasteiger partial charge in [0.05, 0.1) is 29.6 Å². The first-order valence-electron chi connectivity index (χ1n) is 7.33. The van der Waals surface area contributed by atoms with E-state index < -0.39 is 5.97 Å². The van der Waals surface area contributed by atoms with Gasteiger partial charge in [0.1, 0.15) is 0 Å². The average Bonchev–Trinajstić information content (AvgIpc) is 2.85. The molecular weight excluding hydrogens is 306 g/mol. The lowest BCUT2D eigenvalue weighted by Crippen LogP contribution is -2.11. The van der Waals surface area contributed by atoms with Crippen LogP contribution < -0.4 is 11.5 Å². The third kappa shape index (κ3) is 2.28. The number of hydrogen-bond acceptors (Lipinski definition) is 5. The Hall–Kier alpha value is -3.28. The molecule has 0 saturated carbocycles. The van der Waals surface area contributed by atoms with E-state index in [-0.39, 0.29) is 17.0 Å². The van der Waals surface area contributed by atoms with Gasteiger partial charge in [0.2, 0.25) is 5.78 Å². The minimum atomic E-state index is -0.585. The molecule has 0 amide bonds. The summed E-state index contributed by atoms with van der Waals surface area (Å²) in [4.78, 5) is 24.8. The zero-order valence-corrected chi connectivity index (χ0v) is 13.4. The topological polar surface area (TPSA) is 99.8 Å². The zero-order chi connectivity index (χ0) is 17.4. The number of nitrogen functional groups attached to an aromatic ring is 2. The molecule has 0 radical (unpaired) electrons. The maximum atomic E-state index is 13.0. The zero-order valence-electron chi connectivity index (χ0n) is 13.4. The molecule has 0 aliphatic heterocycles. The summed E-state index contributed by atoms with van der Waals surface area (Å²) in [5.41, 5.74) is 15.2. The van der Waals surface area contributed by atoms with Crippen molar-refractivity contribution in [2.75, 3.05) is 18.6 Å². The third-order valence-electron chi connectivity index (χ3n) is 4.07. The molecule has 6 nitrogen and oxygen atoms in total. The van der Waals surface area contributed by atoms with Gasteiger partial charge in [-0.15, -0.1) is 0 Å². The molecule has 6 heteroatoms. The fraction of sp³-hybridized carbons (Fsp3) is 0.111. The Bertz CT molecular complexity index is 973. The molecule has 1 aromatic carbocycles. The number of benzene rings is 1. The number of carbonyl (C=O) groups is 2. The molecule has 0 unspecified atom stereocenters. The van der Waals surface area contributed by atoms with Crippen molar-refractivity contribution in [2.45, 2.75) is 6.92 Å². The summed E-state index contributed by atoms with van der Waals surface area (Å²) >= 11 is 0. The Kier molecular flexibility index (Phi) is 3.73. The number of hydrogen-bond donors (Lipinski definition) is 2. The fourth-order valence-electron chi connectivity index (χ4n) is 2.76. The lowest BCUT2D eigenvalue weighted by molar-refractivity contribution is 0.0602. The van der Waals surface area contributed by atoms with Crippen LogP contribution in [0.5, 0.6) is 0 Å². The maximum absolute atomic E-state index is 13.0. The van der Waals surface area contributed by atoms with Crippen LogP contribution in [0.1, 0.15) is 32.0 Å². The SMILES string of the molecule is COC(=O)c1cc(C(=O)c2c(C)c(N)c3ccccn23)ccc1N. The van der Waals surface area contributed by atoms with Crippen molar-refractivity contribution in [1.82, 2.24) is 4.40 Å². The van der Waals surface area contributed by atoms with E-state index in [1.54, 1.807) is 23.6 Å². The van der Waals surface area contributed by atoms with Gasteiger partial charge in [-0.2, -0.15) is 0 Å². The third-order valence-corrected chi connectivity index (χ3v) is 4.07. The molecule has 3 rings (SSSR count). The molecule has 0 spiro atoms. The fourth-order valence-corrected chi connectivity index (χ4v) is 2.76. The van der Waals surface area contributed by atoms with E-state index in [4.69, 9.17) is 16.2 Å². The second-order valence-corrected chi connectivity index (χ2v) is 5.47. The summed E-state index contributed by atoms with van der Waals surface area (Å²) in [6.07, 6.45) is 1.78. The number of ether oxygens (including phenoxy) is 1. The van der Waals surface area contributed by atoms with Crippen LogP contribution in [-0.4, -0.2) is 23.3 Å². The largest absolute Gasteiger partial charge is 0.465 e. The summed E-state index contributed by atoms with van der Waals surface area (Å²) in [6.45, 7) is 1.80. The lowest BCUT2D eigenvalue weighted by atomic mass is 10.0. The Balaban J connectivity index is 2.17. The number of aromatic nitrogens is 1. The number of nitrogens with zero attached hydrogens (tertiary/aromatic N) is 1. The van der Waals surface area contributed by atoms with Crippen LogP contribution in [0, 0.1) is 6.92 Å². The molecule has 0 atom stereocenters. The number of pyridine rings is 1. The van der Waals surface area contributed by atoms with E-state index in [2.05, 4.69) is 0 Å². The van der Waals surface area contributed by atoms with Crippen molar-refractivity contribution in [3.63, 3.8) is 0 Å². The number of anilines is 2. The minimum absolute atomic E-state index is 0.162. The van der Waals surface area contributed by atoms with Crippen molar-refractivity contribution in [2.24, 2.45) is 0 Å². The maximum Gasteiger partial charge on any atom is 0.339 e. The van der Waals surface area contributed by atoms with Gasteiger partial charge < -0.3 is 20.6 Å². The van der Waals surface area contributed by atoms with E-state index in [0.717, 1.165) is 5.52 Å². The van der Waals surface area contributed by atoms with Crippen LogP contribution in [0.2, 0.25) is 0 Å². The second-order valence-electron chi connectivity index (χ2n) is 5.47. The summed E-state index contributed by atoms with van der Waals surface area (Å²) in [5, 5.41) is 0. The van der Waals surface area contributed by atoms with E-state index >= 15 is 0 Å². The van der Waals surface area contributed by atoms with E-state index in [0.29, 0.717) is 22.5 Å². The molecule has 122 valence electrons. The van der Waals surface area contributed by atoms with Crippen LogP contribution in [0.15, 0.2) is 42.6 Å². The first-order chi connectivity index (χ1) is 11.5. The van der Waals surface area contributed by atoms with Gasteiger partial charge in [-0.3, -0.25) is 4.79 Å². The standard InChI is InChI=1S/C18H17N3O3/c1-10-15(20)14-5-3-4-8-21(14)16(10)17(22)11-6-7-13(19)12(9-11)18(23)24-2/h3-9H,19-20H2,1-2H3. The van der Waals surface area contributed by atoms with E-state index in [1.165, 1.54) is 19.2 Å². The second kappa shape index (κ2) is 5.73. The van der Waals surface area contributed by atoms with E-state index in [9.17, 15) is 9.59 Å². The van der Waals surface area contributed by atoms with Gasteiger partial charge in [-0.05, 0) is 37.3 Å². The quantitative estimate of drug-likeness (QED) is 0.438. The van der Waals surface area contributed by atoms with Crippen LogP contribution in [0.25, 0.3) is 5.52 Å². The predicted octanol–water partition coefficient (Wildman–Crippen LogP) is 2.43. The van der Waals surface area contributed by atoms with Crippen LogP contribution >= 0.6 is 0 Å². The minimum Gasteiger partial charge on any atom is -0.465 e. The summed E-state index contributed by atoms with van der Waals surface area (Å²) in [6, 6.07) is 10.1. The molecule has 2 heterocycles. The molecule has 24 heavy (non-hydrogen) atoms. The van der Waals surface area contributed by atoms with Crippen molar-refractivity contribution in [3.8, 4) is 0 Å². The first-order valence-corrected chi connectivity index (χ1v) is 7.33. The molecule has 0 aliphatic rings. The highest BCUT2D eigenvalue weighted by molar-refractivity contribution is 6.12. The van der Waals surface area contributed by atoms with Gasteiger partial charge in [0.25, 0.3) is 0 Å². The number of nitrogens with two attached hydrogens (primary N) is 2. The molecule has 4 N–H and O–H groups in total. The molecule has 0 bridgehead atoms. The van der Waals surface area contributed by atoms with Crippen molar-refractivity contribution in [3.05, 3.63) is 65.0 Å². The first kappa shape index (κ1) is 15.6. The number of esters is 1. The number of rotatable bonds is 3. The van der Waals surface area contributed by atoms with Crippen molar-refractivity contribution in [1.29, 1.82) is 0 Å². The molecule has 3 aromatic rings. The molecule has 0 fully saturated rings. The predicted molar refractivity (Wildman–Crippen MR) is 92.2 cm³/mol. The van der Waals surface area contributed by atoms with Gasteiger partial charge in [-0.1, -0.05) is 6.07 Å². The van der Waals surface area contributed by atoms with Gasteiger partial charge >= 0.3 is 5.97 Å². The molecule has 2 aromatic heterocycles. The monoisotopic (exact) mass is 323 g/mol. The lowest BCUT2D eigenvalue weighted by Gasteiger charge is -2.08. The Morgan fingerprint density at radius 3 is 2.58 bits per heavy atom. The molecule has 0 saturated heterocycles. The van der Waals surface area contributed by atoms with Crippen molar-refractivity contribution >= 4 is 28.6 Å². The Morgan fingerprint density at radius 2 is 1.88 bits per heavy atom. The highest BCUT2D eigenvalue weighted by Crippen LogP contribution is 2.28. The van der Waals surface area contributed by atoms with Gasteiger partial charge in [-0.25, -0.2) is 4.79 Å². The molecule has 0 aliphatic carbocycles. The van der Waals surface area contributed by atoms with Gasteiger partial charge in [0.15, 0.2) is 0 Å². The number of carbonyl (C=O) groups excluding carboxylic acids is 2. The van der Waals surface area contributed by atoms with Crippen LogP contribution in [0.3, 0.4) is 0 Å². The Morgan fingerprint density at radius 1 is 1.12 bits per heavy atom. The smallest absolute Gasteiger partial charge is 0.339 e. The molecular formula is C18H17N3O3. The summed E-state index contributed by atoms with van der Waals surface area (Å²) in [5.74, 6) is -0.825. The van der Waals surface area contributed by atoms with Crippen molar-refractivity contribution < 1.29 is 14.3 Å². The average molecular weight is 323 g/mol. The van der Waals surface area contributed by atoms with E-state index in [1.807, 2.05) is 18.2 Å². The van der Waals surface area contributed by atoms with Crippen LogP contribution in [-0.2, 0) is 4.74 Å². The normalized spacial score (nSPS) is 10.8. The number of fused-ring (bicyclic) bond motifs is 1. The summed E-state index contributed by atoms with van der Waals surface area (Å²) < 4.78 is 6.45. The number of ketones is 1. The van der Waals surface area contributed by atoms with Crippen LogP contribution in [0.4, 0.5) is 11.4 Å². The highest BCUT2D eigenvalue weighted by Gasteiger charge is 2.22.